The second-order valence-electron chi connectivity index (χ2n) is 21.2. The Morgan fingerprint density at radius 3 is 1.78 bits per heavy atom. The maximum absolute atomic E-state index is 13.2. The normalized spacial score (nSPS) is 45.1. The van der Waals surface area contributed by atoms with Gasteiger partial charge in [-0.2, -0.15) is 0 Å². The van der Waals surface area contributed by atoms with Crippen LogP contribution in [0.4, 0.5) is 0 Å². The summed E-state index contributed by atoms with van der Waals surface area (Å²) in [6, 6.07) is 0.960. The molecule has 2 heterocycles. The number of thioether (sulfide) groups is 4. The lowest BCUT2D eigenvalue weighted by atomic mass is 9.47. The van der Waals surface area contributed by atoms with Crippen LogP contribution in [0.15, 0.2) is 35.5 Å². The van der Waals surface area contributed by atoms with Crippen LogP contribution in [-0.2, 0) is 9.59 Å². The van der Waals surface area contributed by atoms with E-state index in [1.54, 1.807) is 11.1 Å². The summed E-state index contributed by atoms with van der Waals surface area (Å²) in [6.45, 7) is 16.3. The molecule has 0 aromatic rings. The van der Waals surface area contributed by atoms with E-state index in [-0.39, 0.29) is 10.8 Å². The molecule has 0 radical (unpaired) electrons. The quantitative estimate of drug-likeness (QED) is 0.224. The zero-order valence-electron chi connectivity index (χ0n) is 34.7. The van der Waals surface area contributed by atoms with Crippen LogP contribution in [0.2, 0.25) is 25.7 Å². The van der Waals surface area contributed by atoms with Gasteiger partial charge in [0.1, 0.15) is 11.6 Å². The van der Waals surface area contributed by atoms with Crippen molar-refractivity contribution in [1.82, 2.24) is 0 Å². The molecule has 10 aliphatic rings. The van der Waals surface area contributed by atoms with Gasteiger partial charge in [0.2, 0.25) is 0 Å². The third-order valence-electron chi connectivity index (χ3n) is 17.5. The zero-order chi connectivity index (χ0) is 38.6. The van der Waals surface area contributed by atoms with E-state index in [1.807, 2.05) is 0 Å². The molecule has 2 aliphatic heterocycles. The van der Waals surface area contributed by atoms with Crippen LogP contribution >= 0.6 is 47.0 Å². The molecule has 8 fully saturated rings. The number of allylic oxidation sites excluding steroid dienone is 3. The number of carbonyl (C=O) groups is 2. The Bertz CT molecular complexity index is 1640. The van der Waals surface area contributed by atoms with Crippen molar-refractivity contribution in [2.24, 2.45) is 58.2 Å². The number of hydrogen-bond donors (Lipinski definition) is 1. The van der Waals surface area contributed by atoms with Gasteiger partial charge in [-0.15, -0.1) is 47.0 Å². The molecule has 8 aliphatic carbocycles. The summed E-state index contributed by atoms with van der Waals surface area (Å²) in [5.41, 5.74) is 3.94. The lowest BCUT2D eigenvalue weighted by Gasteiger charge is -2.61. The van der Waals surface area contributed by atoms with Gasteiger partial charge in [0.25, 0.3) is 0 Å². The number of Topliss-reactive ketones (excluding diaryl/α,β-unsaturated/α-hetero) is 2. The first-order valence-electron chi connectivity index (χ1n) is 22.7. The van der Waals surface area contributed by atoms with Crippen molar-refractivity contribution in [3.05, 3.63) is 35.5 Å². The van der Waals surface area contributed by atoms with Gasteiger partial charge in [-0.25, -0.2) is 0 Å². The van der Waals surface area contributed by atoms with Crippen molar-refractivity contribution < 1.29 is 14.7 Å². The van der Waals surface area contributed by atoms with E-state index >= 15 is 0 Å². The minimum atomic E-state index is -1.48. The molecule has 8 heteroatoms. The number of ketones is 2. The minimum Gasteiger partial charge on any atom is -0.390 e. The smallest absolute Gasteiger partial charge is 0.139 e. The Morgan fingerprint density at radius 2 is 1.22 bits per heavy atom. The molecule has 0 aromatic carbocycles. The first-order valence-corrected chi connectivity index (χ1v) is 30.3. The molecule has 10 rings (SSSR count). The van der Waals surface area contributed by atoms with Gasteiger partial charge in [0.15, 0.2) is 0 Å². The van der Waals surface area contributed by atoms with Crippen molar-refractivity contribution in [2.45, 2.75) is 156 Å². The molecule has 55 heavy (non-hydrogen) atoms. The predicted molar refractivity (Wildman–Crippen MR) is 242 cm³/mol. The molecule has 2 saturated heterocycles. The van der Waals surface area contributed by atoms with Gasteiger partial charge < -0.3 is 5.11 Å². The van der Waals surface area contributed by atoms with Crippen LogP contribution in [0.25, 0.3) is 0 Å². The van der Waals surface area contributed by atoms with Crippen molar-refractivity contribution in [3.8, 4) is 0 Å². The van der Waals surface area contributed by atoms with Gasteiger partial charge in [-0.3, -0.25) is 9.59 Å². The Balaban J connectivity index is 0.000000147. The third kappa shape index (κ3) is 6.62. The summed E-state index contributed by atoms with van der Waals surface area (Å²) in [5.74, 6) is 11.0. The lowest BCUT2D eigenvalue weighted by molar-refractivity contribution is -0.168. The van der Waals surface area contributed by atoms with Gasteiger partial charge in [-0.1, -0.05) is 68.9 Å². The highest BCUT2D eigenvalue weighted by Crippen LogP contribution is 2.68. The van der Waals surface area contributed by atoms with Gasteiger partial charge in [-0.05, 0) is 143 Å². The topological polar surface area (TPSA) is 54.4 Å². The van der Waals surface area contributed by atoms with E-state index in [0.29, 0.717) is 55.2 Å². The first kappa shape index (κ1) is 40.5. The fourth-order valence-electron chi connectivity index (χ4n) is 15.8. The Hall–Kier alpha value is 0.137. The molecule has 304 valence electrons. The van der Waals surface area contributed by atoms with Gasteiger partial charge >= 0.3 is 0 Å². The summed E-state index contributed by atoms with van der Waals surface area (Å²) < 4.78 is 0.742. The van der Waals surface area contributed by atoms with Crippen LogP contribution in [0.5, 0.6) is 0 Å². The summed E-state index contributed by atoms with van der Waals surface area (Å²) in [7, 11) is -1.48. The van der Waals surface area contributed by atoms with E-state index in [1.165, 1.54) is 80.0 Å². The SMILES string of the molecule is C=C1C[C@]2(CC)C(=O)CCC2C2CCC3=CC4(CCC3C12)SCCS4.CC[C@]12CC(O)(C[Si](C)(C)C)C3C4CCC5(C=C4CCC3C1CCC2=O)SCCS5. The zero-order valence-corrected chi connectivity index (χ0v) is 39.0. The lowest BCUT2D eigenvalue weighted by Crippen LogP contribution is -2.62. The predicted octanol–water partition coefficient (Wildman–Crippen LogP) is 12.2. The molecule has 9 unspecified atom stereocenters. The largest absolute Gasteiger partial charge is 0.390 e. The van der Waals surface area contributed by atoms with Crippen LogP contribution in [0.1, 0.15) is 117 Å². The van der Waals surface area contributed by atoms with Crippen molar-refractivity contribution in [1.29, 1.82) is 0 Å². The molecule has 3 nitrogen and oxygen atoms in total. The molecule has 11 atom stereocenters. The molecule has 2 spiro atoms. The number of aliphatic hydroxyl groups is 1. The highest BCUT2D eigenvalue weighted by molar-refractivity contribution is 8.22. The number of carbonyl (C=O) groups excluding carboxylic acids is 2. The molecular formula is C47H70O3S4Si. The summed E-state index contributed by atoms with van der Waals surface area (Å²) in [5, 5.41) is 12.5. The number of fused-ring (bicyclic) bond motifs is 10. The number of hydrogen-bond acceptors (Lipinski definition) is 7. The maximum atomic E-state index is 13.2. The summed E-state index contributed by atoms with van der Waals surface area (Å²) >= 11 is 8.71. The van der Waals surface area contributed by atoms with E-state index in [0.717, 1.165) is 69.2 Å². The van der Waals surface area contributed by atoms with Crippen LogP contribution < -0.4 is 0 Å². The van der Waals surface area contributed by atoms with Crippen LogP contribution in [0.3, 0.4) is 0 Å². The third-order valence-corrected chi connectivity index (χ3v) is 26.0. The highest BCUT2D eigenvalue weighted by Gasteiger charge is 2.66. The molecule has 0 amide bonds. The molecule has 1 N–H and O–H groups in total. The van der Waals surface area contributed by atoms with Crippen LogP contribution in [0, 0.1) is 58.2 Å². The second kappa shape index (κ2) is 14.7. The van der Waals surface area contributed by atoms with Crippen LogP contribution in [-0.4, -0.2) is 61.5 Å². The molecule has 0 aromatic heterocycles. The second-order valence-corrected chi connectivity index (χ2v) is 32.9. The highest BCUT2D eigenvalue weighted by atomic mass is 32.2. The van der Waals surface area contributed by atoms with E-state index < -0.39 is 13.7 Å². The van der Waals surface area contributed by atoms with E-state index in [2.05, 4.69) is 99.3 Å². The van der Waals surface area contributed by atoms with Crippen molar-refractivity contribution >= 4 is 66.7 Å². The van der Waals surface area contributed by atoms with Gasteiger partial charge in [0.05, 0.1) is 13.8 Å². The Kier molecular flexibility index (Phi) is 10.8. The van der Waals surface area contributed by atoms with E-state index in [4.69, 9.17) is 0 Å². The maximum Gasteiger partial charge on any atom is 0.139 e. The molecule has 0 bridgehead atoms. The van der Waals surface area contributed by atoms with Crippen molar-refractivity contribution in [2.75, 3.05) is 23.0 Å². The number of rotatable bonds is 4. The minimum absolute atomic E-state index is 0.0352. The average molecular weight is 839 g/mol. The monoisotopic (exact) mass is 838 g/mol. The molecular weight excluding hydrogens is 769 g/mol. The fraction of sp³-hybridized carbons (Fsp3) is 0.830. The first-order chi connectivity index (χ1) is 26.2. The Morgan fingerprint density at radius 1 is 0.709 bits per heavy atom. The van der Waals surface area contributed by atoms with Crippen molar-refractivity contribution in [3.63, 3.8) is 0 Å². The van der Waals surface area contributed by atoms with E-state index in [9.17, 15) is 14.7 Å². The summed E-state index contributed by atoms with van der Waals surface area (Å²) in [6.07, 6.45) is 23.1. The fourth-order valence-corrected chi connectivity index (χ4v) is 24.4. The summed E-state index contributed by atoms with van der Waals surface area (Å²) in [4.78, 5) is 26.0. The average Bonchev–Trinajstić information content (AvgIpc) is 3.95. The Labute approximate surface area is 351 Å². The standard InChI is InChI=1S/C25H40O2S2Si.C22H30OS2/c1-5-23-15-24(27,16-30(2,3)4)22-18-10-11-25(28-12-13-29-25)14-17(18)6-7-19(22)20(23)8-9-21(23)26;1-3-21-12-14(2)20-16-8-9-22(24-10-11-25-22)13-15(16)4-5-17(20)18(21)6-7-19(21)23/h14,18-20,22,27H,5-13,15-16H2,1-4H3;13,16-18,20H,2-12H2,1H3/t18?,19?,20?,22?,23-,24?;16?,17?,18?,20?,21-/m00/s1. The van der Waals surface area contributed by atoms with Gasteiger partial charge in [0, 0.05) is 54.8 Å². The molecule has 6 saturated carbocycles.